The second-order valence-corrected chi connectivity index (χ2v) is 9.01. The second kappa shape index (κ2) is 11.2. The van der Waals surface area contributed by atoms with E-state index in [0.717, 1.165) is 23.5 Å². The minimum atomic E-state index is -0.781. The SMILES string of the molecule is CCCCCCCCOCOc1cc(-n2c(Cl)c(C(C)(C)C)oc2=O)c(F)cc1Cl. The van der Waals surface area contributed by atoms with Crippen molar-refractivity contribution in [1.82, 2.24) is 4.57 Å². The molecule has 1 aromatic carbocycles. The van der Waals surface area contributed by atoms with Gasteiger partial charge in [0.2, 0.25) is 0 Å². The third-order valence-corrected chi connectivity index (χ3v) is 5.26. The summed E-state index contributed by atoms with van der Waals surface area (Å²) in [5.41, 5.74) is -0.617. The normalized spacial score (nSPS) is 11.8. The van der Waals surface area contributed by atoms with Gasteiger partial charge >= 0.3 is 5.76 Å². The molecule has 8 heteroatoms. The number of aromatic nitrogens is 1. The van der Waals surface area contributed by atoms with Crippen molar-refractivity contribution < 1.29 is 18.3 Å². The van der Waals surface area contributed by atoms with E-state index in [1.807, 2.05) is 20.8 Å². The predicted octanol–water partition coefficient (Wildman–Crippen LogP) is 6.89. The van der Waals surface area contributed by atoms with E-state index in [2.05, 4.69) is 6.92 Å². The number of nitrogens with zero attached hydrogens (tertiary/aromatic N) is 1. The molecule has 0 aliphatic carbocycles. The molecule has 0 radical (unpaired) electrons. The molecule has 30 heavy (non-hydrogen) atoms. The fraction of sp³-hybridized carbons (Fsp3) is 0.591. The average Bonchev–Trinajstić information content (AvgIpc) is 2.96. The fourth-order valence-electron chi connectivity index (χ4n) is 2.97. The Morgan fingerprint density at radius 1 is 1.10 bits per heavy atom. The Morgan fingerprint density at radius 3 is 2.40 bits per heavy atom. The molecule has 0 N–H and O–H groups in total. The van der Waals surface area contributed by atoms with E-state index in [4.69, 9.17) is 37.1 Å². The molecular weight excluding hydrogens is 432 g/mol. The smallest absolute Gasteiger partial charge is 0.425 e. The lowest BCUT2D eigenvalue weighted by Crippen LogP contribution is -2.14. The van der Waals surface area contributed by atoms with Crippen LogP contribution < -0.4 is 10.5 Å². The molecule has 0 aliphatic rings. The van der Waals surface area contributed by atoms with Crippen molar-refractivity contribution >= 4 is 23.2 Å². The summed E-state index contributed by atoms with van der Waals surface area (Å²) in [6.07, 6.45) is 6.98. The van der Waals surface area contributed by atoms with Crippen molar-refractivity contribution in [3.63, 3.8) is 0 Å². The van der Waals surface area contributed by atoms with Crippen molar-refractivity contribution in [2.75, 3.05) is 13.4 Å². The molecule has 0 amide bonds. The van der Waals surface area contributed by atoms with Crippen molar-refractivity contribution in [2.45, 2.75) is 71.6 Å². The van der Waals surface area contributed by atoms with Gasteiger partial charge in [-0.2, -0.15) is 0 Å². The predicted molar refractivity (Wildman–Crippen MR) is 118 cm³/mol. The van der Waals surface area contributed by atoms with Gasteiger partial charge in [-0.05, 0) is 12.5 Å². The van der Waals surface area contributed by atoms with E-state index in [1.54, 1.807) is 0 Å². The van der Waals surface area contributed by atoms with Gasteiger partial charge in [-0.25, -0.2) is 13.8 Å². The number of benzene rings is 1. The highest BCUT2D eigenvalue weighted by Crippen LogP contribution is 2.34. The quantitative estimate of drug-likeness (QED) is 0.270. The van der Waals surface area contributed by atoms with Crippen LogP contribution in [0, 0.1) is 5.82 Å². The van der Waals surface area contributed by atoms with Crippen molar-refractivity contribution in [3.05, 3.63) is 44.4 Å². The van der Waals surface area contributed by atoms with Crippen LogP contribution in [-0.4, -0.2) is 18.0 Å². The largest absolute Gasteiger partial charge is 0.466 e. The Bertz CT molecular complexity index is 886. The molecule has 0 fully saturated rings. The maximum Gasteiger partial charge on any atom is 0.425 e. The summed E-state index contributed by atoms with van der Waals surface area (Å²) in [6.45, 7) is 8.26. The molecule has 0 aliphatic heterocycles. The van der Waals surface area contributed by atoms with Crippen molar-refractivity contribution in [2.24, 2.45) is 0 Å². The standard InChI is InChI=1S/C22H30Cl2FNO4/c1-5-6-7-8-9-10-11-28-14-29-18-13-17(16(25)12-15(18)23)26-20(24)19(22(2,3)4)30-21(26)27/h12-13H,5-11,14H2,1-4H3. The highest BCUT2D eigenvalue weighted by atomic mass is 35.5. The summed E-state index contributed by atoms with van der Waals surface area (Å²) < 4.78 is 31.8. The fourth-order valence-corrected chi connectivity index (χ4v) is 3.66. The van der Waals surface area contributed by atoms with Crippen LogP contribution in [0.5, 0.6) is 5.75 Å². The van der Waals surface area contributed by atoms with E-state index < -0.39 is 17.0 Å². The first-order valence-electron chi connectivity index (χ1n) is 10.3. The third-order valence-electron chi connectivity index (χ3n) is 4.62. The van der Waals surface area contributed by atoms with E-state index in [9.17, 15) is 9.18 Å². The lowest BCUT2D eigenvalue weighted by Gasteiger charge is -2.15. The average molecular weight is 462 g/mol. The summed E-state index contributed by atoms with van der Waals surface area (Å²) in [4.78, 5) is 12.3. The molecule has 0 bridgehead atoms. The van der Waals surface area contributed by atoms with E-state index in [1.165, 1.54) is 31.7 Å². The first kappa shape index (κ1) is 24.8. The number of hydrogen-bond acceptors (Lipinski definition) is 4. The van der Waals surface area contributed by atoms with Crippen molar-refractivity contribution in [3.8, 4) is 11.4 Å². The van der Waals surface area contributed by atoms with E-state index in [-0.39, 0.29) is 34.2 Å². The maximum atomic E-state index is 14.6. The molecule has 0 saturated carbocycles. The third kappa shape index (κ3) is 6.50. The van der Waals surface area contributed by atoms with Crippen LogP contribution in [0.2, 0.25) is 10.2 Å². The molecule has 0 unspecified atom stereocenters. The van der Waals surface area contributed by atoms with Gasteiger partial charge in [0.1, 0.15) is 11.6 Å². The van der Waals surface area contributed by atoms with Crippen LogP contribution in [0.15, 0.2) is 21.3 Å². The molecule has 1 aromatic heterocycles. The molecule has 0 spiro atoms. The highest BCUT2D eigenvalue weighted by Gasteiger charge is 2.28. The molecule has 2 aromatic rings. The molecular formula is C22H30Cl2FNO4. The van der Waals surface area contributed by atoms with Crippen LogP contribution in [0.4, 0.5) is 4.39 Å². The lowest BCUT2D eigenvalue weighted by atomic mass is 9.94. The second-order valence-electron chi connectivity index (χ2n) is 8.25. The Labute approximate surface area is 187 Å². The van der Waals surface area contributed by atoms with Gasteiger partial charge in [0.15, 0.2) is 17.7 Å². The zero-order valence-corrected chi connectivity index (χ0v) is 19.5. The topological polar surface area (TPSA) is 53.6 Å². The van der Waals surface area contributed by atoms with Crippen LogP contribution >= 0.6 is 23.2 Å². The number of oxazole rings is 1. The summed E-state index contributed by atoms with van der Waals surface area (Å²) in [5.74, 6) is -1.03. The molecule has 1 heterocycles. The van der Waals surface area contributed by atoms with Gasteiger partial charge < -0.3 is 13.9 Å². The Morgan fingerprint density at radius 2 is 1.77 bits per heavy atom. The maximum absolute atomic E-state index is 14.6. The van der Waals surface area contributed by atoms with Gasteiger partial charge in [0.25, 0.3) is 0 Å². The number of ether oxygens (including phenoxy) is 2. The molecule has 0 saturated heterocycles. The van der Waals surface area contributed by atoms with Crippen LogP contribution in [-0.2, 0) is 10.2 Å². The summed E-state index contributed by atoms with van der Waals surface area (Å²) in [5, 5.41) is 0.0853. The van der Waals surface area contributed by atoms with Gasteiger partial charge in [-0.1, -0.05) is 83.0 Å². The highest BCUT2D eigenvalue weighted by molar-refractivity contribution is 6.32. The zero-order valence-electron chi connectivity index (χ0n) is 18.0. The minimum absolute atomic E-state index is 0.0130. The Balaban J connectivity index is 2.05. The van der Waals surface area contributed by atoms with Gasteiger partial charge in [0.05, 0.1) is 17.3 Å². The summed E-state index contributed by atoms with van der Waals surface area (Å²) in [6, 6.07) is 2.40. The monoisotopic (exact) mass is 461 g/mol. The summed E-state index contributed by atoms with van der Waals surface area (Å²) >= 11 is 12.4. The minimum Gasteiger partial charge on any atom is -0.466 e. The molecule has 2 rings (SSSR count). The van der Waals surface area contributed by atoms with Crippen molar-refractivity contribution in [1.29, 1.82) is 0 Å². The Hall–Kier alpha value is -1.50. The molecule has 5 nitrogen and oxygen atoms in total. The van der Waals surface area contributed by atoms with Crippen LogP contribution in [0.3, 0.4) is 0 Å². The van der Waals surface area contributed by atoms with E-state index in [0.29, 0.717) is 6.61 Å². The first-order chi connectivity index (χ1) is 14.2. The van der Waals surface area contributed by atoms with Crippen LogP contribution in [0.25, 0.3) is 5.69 Å². The molecule has 168 valence electrons. The van der Waals surface area contributed by atoms with Crippen LogP contribution in [0.1, 0.15) is 72.0 Å². The molecule has 0 atom stereocenters. The van der Waals surface area contributed by atoms with Gasteiger partial charge in [-0.3, -0.25) is 0 Å². The number of hydrogen-bond donors (Lipinski definition) is 0. The zero-order chi connectivity index (χ0) is 22.3. The number of unbranched alkanes of at least 4 members (excludes halogenated alkanes) is 5. The van der Waals surface area contributed by atoms with Gasteiger partial charge in [-0.15, -0.1) is 0 Å². The lowest BCUT2D eigenvalue weighted by molar-refractivity contribution is 0.0135. The summed E-state index contributed by atoms with van der Waals surface area (Å²) in [7, 11) is 0. The van der Waals surface area contributed by atoms with E-state index >= 15 is 0 Å². The number of halogens is 3. The Kier molecular flexibility index (Phi) is 9.26. The van der Waals surface area contributed by atoms with Gasteiger partial charge in [0, 0.05) is 11.5 Å². The number of rotatable bonds is 11. The first-order valence-corrected chi connectivity index (χ1v) is 11.0.